The molecule has 0 amide bonds. The molecule has 154 valence electrons. The number of aliphatic carboxylic acids is 1. The molecule has 3 aromatic carbocycles. The molecule has 0 saturated carbocycles. The molecule has 1 fully saturated rings. The number of carbonyl (C=O) groups is 1. The van der Waals surface area contributed by atoms with E-state index in [1.54, 1.807) is 36.4 Å². The largest absolute Gasteiger partial charge is 0.478 e. The summed E-state index contributed by atoms with van der Waals surface area (Å²) in [5, 5.41) is 10.1. The summed E-state index contributed by atoms with van der Waals surface area (Å²) in [6.07, 6.45) is 2.76. The molecule has 0 radical (unpaired) electrons. The van der Waals surface area contributed by atoms with E-state index < -0.39 is 12.1 Å². The predicted molar refractivity (Wildman–Crippen MR) is 120 cm³/mol. The zero-order valence-electron chi connectivity index (χ0n) is 16.6. The van der Waals surface area contributed by atoms with Crippen LogP contribution in [0.2, 0.25) is 5.02 Å². The summed E-state index contributed by atoms with van der Waals surface area (Å²) >= 11 is 5.89. The van der Waals surface area contributed by atoms with Crippen molar-refractivity contribution in [2.45, 2.75) is 25.4 Å². The van der Waals surface area contributed by atoms with Gasteiger partial charge in [-0.25, -0.2) is 4.79 Å². The second-order valence-corrected chi connectivity index (χ2v) is 7.94. The van der Waals surface area contributed by atoms with E-state index in [2.05, 4.69) is 29.2 Å². The van der Waals surface area contributed by atoms with Crippen molar-refractivity contribution in [3.8, 4) is 16.9 Å². The van der Waals surface area contributed by atoms with E-state index >= 15 is 0 Å². The van der Waals surface area contributed by atoms with Gasteiger partial charge in [-0.3, -0.25) is 0 Å². The maximum absolute atomic E-state index is 11.7. The van der Waals surface area contributed by atoms with E-state index in [1.807, 2.05) is 12.1 Å². The number of rotatable bonds is 6. The van der Waals surface area contributed by atoms with Crippen LogP contribution in [0.25, 0.3) is 11.1 Å². The second kappa shape index (κ2) is 9.23. The molecule has 0 aliphatic carbocycles. The lowest BCUT2D eigenvalue weighted by Gasteiger charge is -2.28. The van der Waals surface area contributed by atoms with Crippen LogP contribution in [0.3, 0.4) is 0 Å². The smallest absolute Gasteiger partial charge is 0.349 e. The summed E-state index contributed by atoms with van der Waals surface area (Å²) in [5.41, 5.74) is 4.00. The normalized spacial score (nSPS) is 14.9. The van der Waals surface area contributed by atoms with Crippen LogP contribution in [0, 0.1) is 0 Å². The van der Waals surface area contributed by atoms with Crippen molar-refractivity contribution in [3.05, 3.63) is 83.4 Å². The van der Waals surface area contributed by atoms with E-state index in [1.165, 1.54) is 24.9 Å². The first kappa shape index (κ1) is 20.3. The quantitative estimate of drug-likeness (QED) is 0.514. The van der Waals surface area contributed by atoms with Gasteiger partial charge in [-0.2, -0.15) is 0 Å². The molecule has 4 rings (SSSR count). The molecular weight excluding hydrogens is 398 g/mol. The van der Waals surface area contributed by atoms with Gasteiger partial charge in [-0.15, -0.1) is 0 Å². The number of piperidine rings is 1. The first-order valence-corrected chi connectivity index (χ1v) is 10.6. The summed E-state index contributed by atoms with van der Waals surface area (Å²) in [6, 6.07) is 22.8. The number of hydrogen-bond donors (Lipinski definition) is 1. The van der Waals surface area contributed by atoms with Crippen LogP contribution in [0.5, 0.6) is 5.75 Å². The van der Waals surface area contributed by atoms with Crippen molar-refractivity contribution in [2.75, 3.05) is 18.0 Å². The van der Waals surface area contributed by atoms with Crippen LogP contribution in [-0.2, 0) is 4.79 Å². The minimum atomic E-state index is -1.09. The van der Waals surface area contributed by atoms with Crippen molar-refractivity contribution in [1.29, 1.82) is 0 Å². The lowest BCUT2D eigenvalue weighted by Crippen LogP contribution is -2.29. The van der Waals surface area contributed by atoms with E-state index in [-0.39, 0.29) is 0 Å². The summed E-state index contributed by atoms with van der Waals surface area (Å²) in [6.45, 7) is 2.26. The molecule has 4 nitrogen and oxygen atoms in total. The zero-order valence-corrected chi connectivity index (χ0v) is 17.4. The Bertz CT molecular complexity index is 978. The molecule has 1 saturated heterocycles. The Hall–Kier alpha value is -2.98. The number of carboxylic acids is 1. The third-order valence-electron chi connectivity index (χ3n) is 5.43. The van der Waals surface area contributed by atoms with E-state index in [0.29, 0.717) is 16.3 Å². The number of ether oxygens (including phenoxy) is 1. The Morgan fingerprint density at radius 2 is 1.40 bits per heavy atom. The Kier molecular flexibility index (Phi) is 6.24. The fourth-order valence-electron chi connectivity index (χ4n) is 3.78. The Morgan fingerprint density at radius 3 is 1.97 bits per heavy atom. The van der Waals surface area contributed by atoms with Gasteiger partial charge in [0.25, 0.3) is 0 Å². The number of hydrogen-bond acceptors (Lipinski definition) is 3. The fraction of sp³-hybridized carbons (Fsp3) is 0.240. The van der Waals surface area contributed by atoms with Crippen molar-refractivity contribution in [3.63, 3.8) is 0 Å². The van der Waals surface area contributed by atoms with Gasteiger partial charge in [-0.1, -0.05) is 48.0 Å². The molecule has 0 spiro atoms. The minimum absolute atomic E-state index is 0.506. The molecule has 30 heavy (non-hydrogen) atoms. The summed E-state index contributed by atoms with van der Waals surface area (Å²) in [5.74, 6) is -0.541. The van der Waals surface area contributed by atoms with Gasteiger partial charge in [0.15, 0.2) is 0 Å². The SMILES string of the molecule is O=C(O)C(Oc1ccc(-c2ccc(N3CCCCC3)cc2)cc1)c1ccc(Cl)cc1. The lowest BCUT2D eigenvalue weighted by molar-refractivity contribution is -0.145. The summed E-state index contributed by atoms with van der Waals surface area (Å²) < 4.78 is 5.74. The maximum atomic E-state index is 11.7. The van der Waals surface area contributed by atoms with Gasteiger partial charge in [0.05, 0.1) is 0 Å². The van der Waals surface area contributed by atoms with Crippen LogP contribution in [-0.4, -0.2) is 24.2 Å². The first-order valence-electron chi connectivity index (χ1n) is 10.2. The van der Waals surface area contributed by atoms with Gasteiger partial charge in [-0.05, 0) is 66.8 Å². The molecule has 5 heteroatoms. The molecule has 0 bridgehead atoms. The standard InChI is InChI=1S/C25H24ClNO3/c26-21-10-4-20(5-11-21)24(25(28)29)30-23-14-8-19(9-15-23)18-6-12-22(13-7-18)27-16-2-1-3-17-27/h4-15,24H,1-3,16-17H2,(H,28,29). The van der Waals surface area contributed by atoms with E-state index in [4.69, 9.17) is 16.3 Å². The van der Waals surface area contributed by atoms with Crippen LogP contribution < -0.4 is 9.64 Å². The van der Waals surface area contributed by atoms with Crippen LogP contribution in [0.15, 0.2) is 72.8 Å². The number of anilines is 1. The zero-order chi connectivity index (χ0) is 20.9. The average Bonchev–Trinajstić information content (AvgIpc) is 2.79. The fourth-order valence-corrected chi connectivity index (χ4v) is 3.90. The summed E-state index contributed by atoms with van der Waals surface area (Å²) in [7, 11) is 0. The van der Waals surface area contributed by atoms with E-state index in [9.17, 15) is 9.90 Å². The molecule has 1 unspecified atom stereocenters. The van der Waals surface area contributed by atoms with Crippen LogP contribution in [0.4, 0.5) is 5.69 Å². The van der Waals surface area contributed by atoms with Crippen LogP contribution in [0.1, 0.15) is 30.9 Å². The Balaban J connectivity index is 1.46. The molecule has 1 aliphatic rings. The van der Waals surface area contributed by atoms with Crippen LogP contribution >= 0.6 is 11.6 Å². The van der Waals surface area contributed by atoms with Gasteiger partial charge >= 0.3 is 5.97 Å². The molecule has 0 aromatic heterocycles. The molecular formula is C25H24ClNO3. The number of benzene rings is 3. The Morgan fingerprint density at radius 1 is 0.833 bits per heavy atom. The molecule has 1 atom stereocenters. The molecule has 1 N–H and O–H groups in total. The molecule has 1 aliphatic heterocycles. The number of carboxylic acid groups (broad SMARTS) is 1. The highest BCUT2D eigenvalue weighted by Crippen LogP contribution is 2.29. The Labute approximate surface area is 181 Å². The third kappa shape index (κ3) is 4.77. The minimum Gasteiger partial charge on any atom is -0.478 e. The maximum Gasteiger partial charge on any atom is 0.349 e. The highest BCUT2D eigenvalue weighted by molar-refractivity contribution is 6.30. The van der Waals surface area contributed by atoms with Gasteiger partial charge in [0, 0.05) is 29.4 Å². The summed E-state index contributed by atoms with van der Waals surface area (Å²) in [4.78, 5) is 14.1. The highest BCUT2D eigenvalue weighted by Gasteiger charge is 2.22. The van der Waals surface area contributed by atoms with Gasteiger partial charge in [0.1, 0.15) is 5.75 Å². The van der Waals surface area contributed by atoms with Crippen molar-refractivity contribution in [1.82, 2.24) is 0 Å². The van der Waals surface area contributed by atoms with Crippen molar-refractivity contribution < 1.29 is 14.6 Å². The lowest BCUT2D eigenvalue weighted by atomic mass is 10.0. The first-order chi connectivity index (χ1) is 14.6. The van der Waals surface area contributed by atoms with Crippen molar-refractivity contribution >= 4 is 23.3 Å². The monoisotopic (exact) mass is 421 g/mol. The van der Waals surface area contributed by atoms with Gasteiger partial charge < -0.3 is 14.7 Å². The third-order valence-corrected chi connectivity index (χ3v) is 5.68. The predicted octanol–water partition coefficient (Wildman–Crippen LogP) is 6.20. The average molecular weight is 422 g/mol. The van der Waals surface area contributed by atoms with Gasteiger partial charge in [0.2, 0.25) is 6.10 Å². The number of nitrogens with zero attached hydrogens (tertiary/aromatic N) is 1. The van der Waals surface area contributed by atoms with Crippen molar-refractivity contribution in [2.24, 2.45) is 0 Å². The molecule has 3 aromatic rings. The second-order valence-electron chi connectivity index (χ2n) is 7.51. The number of halogens is 1. The highest BCUT2D eigenvalue weighted by atomic mass is 35.5. The molecule has 1 heterocycles. The topological polar surface area (TPSA) is 49.8 Å². The van der Waals surface area contributed by atoms with E-state index in [0.717, 1.165) is 24.2 Å².